The third kappa shape index (κ3) is 6.59. The van der Waals surface area contributed by atoms with Gasteiger partial charge in [0.25, 0.3) is 5.56 Å². The fraction of sp³-hybridized carbons (Fsp3) is 0.290. The summed E-state index contributed by atoms with van der Waals surface area (Å²) < 4.78 is 17.5. The molecule has 1 heterocycles. The number of rotatable bonds is 10. The van der Waals surface area contributed by atoms with Gasteiger partial charge in [-0.3, -0.25) is 14.9 Å². The SMILES string of the molecule is CCOc1cc(C)c(-c2nc3ccccc3c(=O)n2N=Cc2cc(Br)c(O[C@H](C)C(=O)OC)c([N+](=O)[O-])c2)cc1C(C)C. The number of carbonyl (C=O) groups excluding carboxylic acids is 1. The molecule has 0 saturated heterocycles. The van der Waals surface area contributed by atoms with E-state index in [1.807, 2.05) is 26.0 Å². The van der Waals surface area contributed by atoms with E-state index in [1.54, 1.807) is 24.3 Å². The lowest BCUT2D eigenvalue weighted by Crippen LogP contribution is -2.25. The number of nitro benzene ring substituents is 1. The van der Waals surface area contributed by atoms with E-state index in [0.717, 1.165) is 16.9 Å². The van der Waals surface area contributed by atoms with Gasteiger partial charge in [-0.15, -0.1) is 0 Å². The molecule has 0 bridgehead atoms. The van der Waals surface area contributed by atoms with Crippen molar-refractivity contribution in [2.75, 3.05) is 13.7 Å². The van der Waals surface area contributed by atoms with Crippen LogP contribution in [0, 0.1) is 17.0 Å². The maximum absolute atomic E-state index is 13.8. The van der Waals surface area contributed by atoms with E-state index in [0.29, 0.717) is 34.5 Å². The van der Waals surface area contributed by atoms with E-state index in [9.17, 15) is 19.7 Å². The van der Waals surface area contributed by atoms with Crippen molar-refractivity contribution in [3.63, 3.8) is 0 Å². The molecule has 0 amide bonds. The Morgan fingerprint density at radius 1 is 1.19 bits per heavy atom. The maximum Gasteiger partial charge on any atom is 0.346 e. The summed E-state index contributed by atoms with van der Waals surface area (Å²) in [5.41, 5.74) is 2.48. The molecule has 0 saturated carbocycles. The summed E-state index contributed by atoms with van der Waals surface area (Å²) in [6.07, 6.45) is 0.247. The first-order chi connectivity index (χ1) is 20.5. The lowest BCUT2D eigenvalue weighted by molar-refractivity contribution is -0.386. The van der Waals surface area contributed by atoms with Crippen LogP contribution >= 0.6 is 15.9 Å². The third-order valence-corrected chi connectivity index (χ3v) is 7.26. The Balaban J connectivity index is 1.90. The van der Waals surface area contributed by atoms with Crippen LogP contribution in [-0.4, -0.2) is 46.6 Å². The molecule has 0 spiro atoms. The van der Waals surface area contributed by atoms with Gasteiger partial charge in [0.05, 0.1) is 40.2 Å². The number of carbonyl (C=O) groups is 1. The fourth-order valence-electron chi connectivity index (χ4n) is 4.52. The van der Waals surface area contributed by atoms with Gasteiger partial charge in [0.15, 0.2) is 11.9 Å². The number of aryl methyl sites for hydroxylation is 1. The highest BCUT2D eigenvalue weighted by atomic mass is 79.9. The Hall–Kier alpha value is -4.58. The second-order valence-electron chi connectivity index (χ2n) is 10.00. The van der Waals surface area contributed by atoms with Crippen LogP contribution in [-0.2, 0) is 9.53 Å². The highest BCUT2D eigenvalue weighted by Crippen LogP contribution is 2.37. The molecule has 3 aromatic carbocycles. The second kappa shape index (κ2) is 13.2. The molecule has 4 aromatic rings. The first-order valence-electron chi connectivity index (χ1n) is 13.5. The lowest BCUT2D eigenvalue weighted by Gasteiger charge is -2.18. The summed E-state index contributed by atoms with van der Waals surface area (Å²) in [4.78, 5) is 41.7. The van der Waals surface area contributed by atoms with E-state index in [-0.39, 0.29) is 16.1 Å². The number of halogens is 1. The van der Waals surface area contributed by atoms with Crippen LogP contribution in [0.25, 0.3) is 22.3 Å². The molecular weight excluding hydrogens is 620 g/mol. The van der Waals surface area contributed by atoms with E-state index >= 15 is 0 Å². The molecule has 0 aliphatic carbocycles. The van der Waals surface area contributed by atoms with Crippen molar-refractivity contribution in [3.05, 3.63) is 90.2 Å². The minimum absolute atomic E-state index is 0.130. The standard InChI is InChI=1S/C31H31BrN4O7/c1-7-42-27-12-18(4)23(15-22(27)17(2)3)29-34-25-11-9-8-10-21(25)30(37)35(29)33-16-20-13-24(32)28(26(14-20)36(39)40)43-19(5)31(38)41-6/h8-17,19H,7H2,1-6H3/t19-/m1/s1. The third-order valence-electron chi connectivity index (χ3n) is 6.67. The minimum Gasteiger partial charge on any atom is -0.494 e. The average Bonchev–Trinajstić information content (AvgIpc) is 2.97. The molecule has 224 valence electrons. The summed E-state index contributed by atoms with van der Waals surface area (Å²) >= 11 is 3.30. The zero-order valence-electron chi connectivity index (χ0n) is 24.6. The van der Waals surface area contributed by atoms with Gasteiger partial charge in [-0.2, -0.15) is 9.78 Å². The van der Waals surface area contributed by atoms with E-state index in [4.69, 9.17) is 14.5 Å². The Labute approximate surface area is 256 Å². The smallest absolute Gasteiger partial charge is 0.346 e. The van der Waals surface area contributed by atoms with Gasteiger partial charge in [0.1, 0.15) is 5.75 Å². The van der Waals surface area contributed by atoms with Crippen LogP contribution in [0.2, 0.25) is 0 Å². The Morgan fingerprint density at radius 2 is 1.91 bits per heavy atom. The van der Waals surface area contributed by atoms with E-state index in [2.05, 4.69) is 39.6 Å². The molecule has 0 radical (unpaired) electrons. The topological polar surface area (TPSA) is 135 Å². The van der Waals surface area contributed by atoms with Crippen molar-refractivity contribution in [2.45, 2.75) is 46.6 Å². The summed E-state index contributed by atoms with van der Waals surface area (Å²) in [6.45, 7) is 9.87. The van der Waals surface area contributed by atoms with Gasteiger partial charge in [0.2, 0.25) is 5.75 Å². The first kappa shape index (κ1) is 31.4. The van der Waals surface area contributed by atoms with Crippen LogP contribution in [0.1, 0.15) is 50.3 Å². The van der Waals surface area contributed by atoms with Gasteiger partial charge in [-0.25, -0.2) is 9.78 Å². The van der Waals surface area contributed by atoms with Crippen LogP contribution in [0.15, 0.2) is 62.9 Å². The first-order valence-corrected chi connectivity index (χ1v) is 14.3. The molecular formula is C31H31BrN4O7. The predicted octanol–water partition coefficient (Wildman–Crippen LogP) is 6.39. The molecule has 1 aromatic heterocycles. The van der Waals surface area contributed by atoms with Gasteiger partial charge < -0.3 is 14.2 Å². The van der Waals surface area contributed by atoms with Gasteiger partial charge in [-0.1, -0.05) is 26.0 Å². The highest BCUT2D eigenvalue weighted by molar-refractivity contribution is 9.10. The molecule has 1 atom stereocenters. The molecule has 0 aliphatic heterocycles. The maximum atomic E-state index is 13.8. The molecule has 0 N–H and O–H groups in total. The van der Waals surface area contributed by atoms with Crippen LogP contribution in [0.3, 0.4) is 0 Å². The number of nitrogens with zero attached hydrogens (tertiary/aromatic N) is 4. The van der Waals surface area contributed by atoms with E-state index in [1.165, 1.54) is 37.1 Å². The van der Waals surface area contributed by atoms with Crippen LogP contribution in [0.4, 0.5) is 5.69 Å². The second-order valence-corrected chi connectivity index (χ2v) is 10.9. The number of methoxy groups -OCH3 is 1. The van der Waals surface area contributed by atoms with Crippen molar-refractivity contribution >= 4 is 44.7 Å². The van der Waals surface area contributed by atoms with Gasteiger partial charge in [0, 0.05) is 17.2 Å². The van der Waals surface area contributed by atoms with Gasteiger partial charge >= 0.3 is 11.7 Å². The number of nitro groups is 1. The zero-order chi connectivity index (χ0) is 31.4. The van der Waals surface area contributed by atoms with Gasteiger partial charge in [-0.05, 0) is 84.1 Å². The quantitative estimate of drug-likeness (QED) is 0.0834. The number of esters is 1. The van der Waals surface area contributed by atoms with Crippen molar-refractivity contribution < 1.29 is 23.9 Å². The lowest BCUT2D eigenvalue weighted by atomic mass is 9.96. The molecule has 11 nitrogen and oxygen atoms in total. The van der Waals surface area contributed by atoms with Crippen molar-refractivity contribution in [2.24, 2.45) is 5.10 Å². The summed E-state index contributed by atoms with van der Waals surface area (Å²) in [5.74, 6) is 0.371. The minimum atomic E-state index is -1.09. The summed E-state index contributed by atoms with van der Waals surface area (Å²) in [7, 11) is 1.20. The highest BCUT2D eigenvalue weighted by Gasteiger charge is 2.25. The van der Waals surface area contributed by atoms with Crippen LogP contribution in [0.5, 0.6) is 11.5 Å². The summed E-state index contributed by atoms with van der Waals surface area (Å²) in [6, 6.07) is 13.6. The number of benzene rings is 3. The molecule has 0 unspecified atom stereocenters. The van der Waals surface area contributed by atoms with Crippen molar-refractivity contribution in [3.8, 4) is 22.9 Å². The summed E-state index contributed by atoms with van der Waals surface area (Å²) in [5, 5.41) is 16.8. The Morgan fingerprint density at radius 3 is 2.56 bits per heavy atom. The molecule has 4 rings (SSSR count). The number of hydrogen-bond acceptors (Lipinski definition) is 9. The largest absolute Gasteiger partial charge is 0.494 e. The van der Waals surface area contributed by atoms with E-state index < -0.39 is 28.2 Å². The number of fused-ring (bicyclic) bond motifs is 1. The molecule has 0 aliphatic rings. The fourth-order valence-corrected chi connectivity index (χ4v) is 5.08. The molecule has 0 fully saturated rings. The normalized spacial score (nSPS) is 12.1. The number of hydrogen-bond donors (Lipinski definition) is 0. The monoisotopic (exact) mass is 650 g/mol. The Kier molecular flexibility index (Phi) is 9.59. The average molecular weight is 652 g/mol. The molecule has 43 heavy (non-hydrogen) atoms. The van der Waals surface area contributed by atoms with Crippen molar-refractivity contribution in [1.82, 2.24) is 9.66 Å². The Bertz CT molecular complexity index is 1800. The number of aromatic nitrogens is 2. The number of para-hydroxylation sites is 1. The zero-order valence-corrected chi connectivity index (χ0v) is 26.2. The molecule has 12 heteroatoms. The predicted molar refractivity (Wildman–Crippen MR) is 167 cm³/mol. The van der Waals surface area contributed by atoms with Crippen molar-refractivity contribution in [1.29, 1.82) is 0 Å². The number of ether oxygens (including phenoxy) is 3. The van der Waals surface area contributed by atoms with Crippen LogP contribution < -0.4 is 15.0 Å².